The van der Waals surface area contributed by atoms with Crippen LogP contribution >= 0.6 is 0 Å². The summed E-state index contributed by atoms with van der Waals surface area (Å²) in [4.78, 5) is 27.5. The number of aromatic nitrogens is 2. The average molecular weight is 379 g/mol. The van der Waals surface area contributed by atoms with Crippen LogP contribution in [-0.4, -0.2) is 27.9 Å². The van der Waals surface area contributed by atoms with Gasteiger partial charge in [-0.3, -0.25) is 9.36 Å². The van der Waals surface area contributed by atoms with Crippen molar-refractivity contribution in [2.24, 2.45) is 0 Å². The Balaban J connectivity index is 1.38. The molecule has 0 fully saturated rings. The van der Waals surface area contributed by atoms with E-state index in [4.69, 9.17) is 0 Å². The summed E-state index contributed by atoms with van der Waals surface area (Å²) in [5.41, 5.74) is 3.11. The van der Waals surface area contributed by atoms with Crippen molar-refractivity contribution < 1.29 is 9.18 Å². The molecule has 0 saturated heterocycles. The molecule has 1 aromatic heterocycles. The number of halogens is 1. The molecular weight excluding hydrogens is 357 g/mol. The van der Waals surface area contributed by atoms with E-state index in [-0.39, 0.29) is 23.3 Å². The summed E-state index contributed by atoms with van der Waals surface area (Å²) < 4.78 is 14.7. The minimum Gasteiger partial charge on any atom is -0.310 e. The van der Waals surface area contributed by atoms with Crippen molar-refractivity contribution >= 4 is 22.5 Å². The van der Waals surface area contributed by atoms with E-state index in [0.29, 0.717) is 18.5 Å². The third kappa shape index (κ3) is 3.82. The van der Waals surface area contributed by atoms with Gasteiger partial charge in [-0.2, -0.15) is 0 Å². The smallest absolute Gasteiger partial charge is 0.310 e. The molecule has 6 heteroatoms. The van der Waals surface area contributed by atoms with Crippen molar-refractivity contribution in [1.29, 1.82) is 0 Å². The van der Waals surface area contributed by atoms with Gasteiger partial charge < -0.3 is 10.3 Å². The van der Waals surface area contributed by atoms with Gasteiger partial charge >= 0.3 is 5.69 Å². The molecule has 0 saturated carbocycles. The number of para-hydroxylation sites is 2. The summed E-state index contributed by atoms with van der Waals surface area (Å²) in [6.45, 7) is 0.692. The fourth-order valence-corrected chi connectivity index (χ4v) is 3.77. The molecule has 144 valence electrons. The second-order valence-electron chi connectivity index (χ2n) is 7.11. The van der Waals surface area contributed by atoms with Crippen molar-refractivity contribution in [3.63, 3.8) is 0 Å². The van der Waals surface area contributed by atoms with Crippen molar-refractivity contribution in [2.75, 3.05) is 6.54 Å². The van der Waals surface area contributed by atoms with Gasteiger partial charge in [-0.25, -0.2) is 9.18 Å². The number of hydrogen-bond acceptors (Lipinski definition) is 3. The number of ketones is 1. The summed E-state index contributed by atoms with van der Waals surface area (Å²) in [5, 5.41) is 3.44. The Bertz CT molecular complexity index is 1080. The van der Waals surface area contributed by atoms with E-state index in [9.17, 15) is 14.0 Å². The Kier molecular flexibility index (Phi) is 5.21. The van der Waals surface area contributed by atoms with Gasteiger partial charge in [0.15, 0.2) is 5.78 Å². The monoisotopic (exact) mass is 379 g/mol. The lowest BCUT2D eigenvalue weighted by Gasteiger charge is -2.24. The SMILES string of the molecule is O=C(CCCC1CC(n2c(=O)[nH]c3ccccc32)=CCN1)c1ccc(F)cc1. The molecule has 4 rings (SSSR count). The van der Waals surface area contributed by atoms with Gasteiger partial charge in [0.2, 0.25) is 0 Å². The Morgan fingerprint density at radius 3 is 2.75 bits per heavy atom. The first-order valence-electron chi connectivity index (χ1n) is 9.53. The number of rotatable bonds is 6. The largest absolute Gasteiger partial charge is 0.330 e. The highest BCUT2D eigenvalue weighted by atomic mass is 19.1. The Morgan fingerprint density at radius 1 is 1.14 bits per heavy atom. The number of nitrogens with zero attached hydrogens (tertiary/aromatic N) is 1. The van der Waals surface area contributed by atoms with E-state index in [1.807, 2.05) is 30.3 Å². The maximum Gasteiger partial charge on any atom is 0.330 e. The first kappa shape index (κ1) is 18.4. The molecule has 2 aromatic carbocycles. The standard InChI is InChI=1S/C22H22FN3O2/c23-16-10-8-15(9-11-16)21(27)7-3-4-17-14-18(12-13-24-17)26-20-6-2-1-5-19(20)25-22(26)28/h1-2,5-6,8-12,17,24H,3-4,7,13-14H2,(H,25,28). The molecule has 0 amide bonds. The molecule has 0 aliphatic carbocycles. The fourth-order valence-electron chi connectivity index (χ4n) is 3.77. The lowest BCUT2D eigenvalue weighted by Crippen LogP contribution is -2.35. The zero-order chi connectivity index (χ0) is 19.5. The molecule has 1 aliphatic heterocycles. The van der Waals surface area contributed by atoms with Crippen molar-refractivity contribution in [1.82, 2.24) is 14.9 Å². The predicted octanol–water partition coefficient (Wildman–Crippen LogP) is 3.72. The van der Waals surface area contributed by atoms with Gasteiger partial charge in [-0.15, -0.1) is 0 Å². The minimum absolute atomic E-state index is 0.0272. The van der Waals surface area contributed by atoms with Crippen molar-refractivity contribution in [3.8, 4) is 0 Å². The molecule has 28 heavy (non-hydrogen) atoms. The molecular formula is C22H22FN3O2. The molecule has 1 unspecified atom stereocenters. The van der Waals surface area contributed by atoms with Gasteiger partial charge in [0.25, 0.3) is 0 Å². The zero-order valence-electron chi connectivity index (χ0n) is 15.5. The third-order valence-corrected chi connectivity index (χ3v) is 5.20. The number of H-pyrrole nitrogens is 1. The highest BCUT2D eigenvalue weighted by Gasteiger charge is 2.19. The third-order valence-electron chi connectivity index (χ3n) is 5.20. The second kappa shape index (κ2) is 7.94. The fraction of sp³-hybridized carbons (Fsp3) is 0.273. The molecule has 2 heterocycles. The number of benzene rings is 2. The lowest BCUT2D eigenvalue weighted by molar-refractivity contribution is 0.0978. The number of carbonyl (C=O) groups is 1. The number of nitrogens with one attached hydrogen (secondary N) is 2. The van der Waals surface area contributed by atoms with Crippen molar-refractivity contribution in [2.45, 2.75) is 31.7 Å². The molecule has 2 N–H and O–H groups in total. The highest BCUT2D eigenvalue weighted by Crippen LogP contribution is 2.22. The summed E-state index contributed by atoms with van der Waals surface area (Å²) in [5.74, 6) is -0.311. The van der Waals surface area contributed by atoms with Crippen LogP contribution in [0.25, 0.3) is 16.7 Å². The number of Topliss-reactive ketones (excluding diaryl/α,β-unsaturated/α-hetero) is 1. The molecule has 5 nitrogen and oxygen atoms in total. The number of aromatic amines is 1. The maximum absolute atomic E-state index is 13.0. The van der Waals surface area contributed by atoms with Crippen molar-refractivity contribution in [3.05, 3.63) is 76.5 Å². The second-order valence-corrected chi connectivity index (χ2v) is 7.11. The normalized spacial score (nSPS) is 16.9. The minimum atomic E-state index is -0.338. The quantitative estimate of drug-likeness (QED) is 0.642. The molecule has 0 bridgehead atoms. The summed E-state index contributed by atoms with van der Waals surface area (Å²) in [6, 6.07) is 13.5. The Labute approximate surface area is 161 Å². The first-order chi connectivity index (χ1) is 13.6. The number of hydrogen-bond donors (Lipinski definition) is 2. The number of imidazole rings is 1. The maximum atomic E-state index is 13.0. The summed E-state index contributed by atoms with van der Waals surface area (Å²) in [6.07, 6.45) is 4.77. The molecule has 0 spiro atoms. The Morgan fingerprint density at radius 2 is 1.93 bits per heavy atom. The number of carbonyl (C=O) groups excluding carboxylic acids is 1. The van der Waals surface area contributed by atoms with Gasteiger partial charge in [0, 0.05) is 36.7 Å². The van der Waals surface area contributed by atoms with E-state index >= 15 is 0 Å². The zero-order valence-corrected chi connectivity index (χ0v) is 15.5. The summed E-state index contributed by atoms with van der Waals surface area (Å²) in [7, 11) is 0. The predicted molar refractivity (Wildman–Crippen MR) is 108 cm³/mol. The van der Waals surface area contributed by atoms with Crippen LogP contribution in [0.2, 0.25) is 0 Å². The van der Waals surface area contributed by atoms with E-state index < -0.39 is 0 Å². The van der Waals surface area contributed by atoms with Gasteiger partial charge in [-0.05, 0) is 49.2 Å². The first-order valence-corrected chi connectivity index (χ1v) is 9.53. The van der Waals surface area contributed by atoms with Gasteiger partial charge in [0.05, 0.1) is 11.0 Å². The van der Waals surface area contributed by atoms with E-state index in [2.05, 4.69) is 10.3 Å². The van der Waals surface area contributed by atoms with Gasteiger partial charge in [-0.1, -0.05) is 18.2 Å². The lowest BCUT2D eigenvalue weighted by atomic mass is 9.98. The molecule has 3 aromatic rings. The van der Waals surface area contributed by atoms with Gasteiger partial charge in [0.1, 0.15) is 5.82 Å². The average Bonchev–Trinajstić information content (AvgIpc) is 3.04. The van der Waals surface area contributed by atoms with Crippen LogP contribution in [0.1, 0.15) is 36.0 Å². The molecule has 1 aliphatic rings. The highest BCUT2D eigenvalue weighted by molar-refractivity contribution is 5.95. The van der Waals surface area contributed by atoms with Crippen LogP contribution in [0.3, 0.4) is 0 Å². The molecule has 0 radical (unpaired) electrons. The van der Waals surface area contributed by atoms with Crippen LogP contribution in [0.5, 0.6) is 0 Å². The van der Waals surface area contributed by atoms with Crippen LogP contribution in [-0.2, 0) is 0 Å². The van der Waals surface area contributed by atoms with Crippen LogP contribution < -0.4 is 11.0 Å². The van der Waals surface area contributed by atoms with E-state index in [0.717, 1.165) is 36.0 Å². The van der Waals surface area contributed by atoms with E-state index in [1.165, 1.54) is 24.3 Å². The number of fused-ring (bicyclic) bond motifs is 1. The van der Waals surface area contributed by atoms with Crippen LogP contribution in [0.4, 0.5) is 4.39 Å². The van der Waals surface area contributed by atoms with Crippen LogP contribution in [0.15, 0.2) is 59.4 Å². The summed E-state index contributed by atoms with van der Waals surface area (Å²) >= 11 is 0. The Hall–Kier alpha value is -2.99. The van der Waals surface area contributed by atoms with E-state index in [1.54, 1.807) is 4.57 Å². The van der Waals surface area contributed by atoms with Crippen LogP contribution in [0, 0.1) is 5.82 Å². The topological polar surface area (TPSA) is 66.9 Å². The molecule has 1 atom stereocenters.